The van der Waals surface area contributed by atoms with Crippen LogP contribution in [0.25, 0.3) is 72.4 Å². The number of aromatic nitrogens is 4. The van der Waals surface area contributed by atoms with E-state index in [1.807, 2.05) is 60.7 Å². The Balaban J connectivity index is 1.23. The van der Waals surface area contributed by atoms with E-state index in [9.17, 15) is 0 Å². The molecule has 0 bridgehead atoms. The quantitative estimate of drug-likeness (QED) is 0.184. The third-order valence-corrected chi connectivity index (χ3v) is 11.5. The van der Waals surface area contributed by atoms with Crippen molar-refractivity contribution in [2.45, 2.75) is 5.41 Å². The second-order valence-corrected chi connectivity index (χ2v) is 14.3. The van der Waals surface area contributed by atoms with Gasteiger partial charge in [-0.3, -0.25) is 4.57 Å². The summed E-state index contributed by atoms with van der Waals surface area (Å²) in [6.07, 6.45) is 0. The Kier molecular flexibility index (Phi) is 6.20. The maximum atomic E-state index is 7.00. The van der Waals surface area contributed by atoms with Crippen molar-refractivity contribution in [2.24, 2.45) is 0 Å². The first-order valence-corrected chi connectivity index (χ1v) is 18.6. The van der Waals surface area contributed by atoms with Crippen molar-refractivity contribution >= 4 is 32.6 Å². The molecule has 1 aliphatic heterocycles. The van der Waals surface area contributed by atoms with Crippen molar-refractivity contribution in [3.8, 4) is 51.3 Å². The molecular formula is C50H30N4O. The number of nitrogens with zero attached hydrogens (tertiary/aromatic N) is 4. The second kappa shape index (κ2) is 11.3. The lowest BCUT2D eigenvalue weighted by atomic mass is 9.66. The van der Waals surface area contributed by atoms with Crippen LogP contribution >= 0.6 is 0 Å². The van der Waals surface area contributed by atoms with Crippen molar-refractivity contribution in [1.82, 2.24) is 19.5 Å². The normalized spacial score (nSPS) is 13.4. The fraction of sp³-hybridized carbons (Fsp3) is 0.0200. The summed E-state index contributed by atoms with van der Waals surface area (Å²) >= 11 is 0. The number of hydrogen-bond acceptors (Lipinski definition) is 4. The van der Waals surface area contributed by atoms with Gasteiger partial charge in [0.2, 0.25) is 5.95 Å². The fourth-order valence-corrected chi connectivity index (χ4v) is 9.25. The highest BCUT2D eigenvalue weighted by Crippen LogP contribution is 2.62. The van der Waals surface area contributed by atoms with E-state index in [1.165, 1.54) is 33.0 Å². The van der Waals surface area contributed by atoms with Gasteiger partial charge in [0.05, 0.1) is 16.4 Å². The molecule has 0 saturated carbocycles. The molecule has 10 aromatic rings. The van der Waals surface area contributed by atoms with Gasteiger partial charge in [-0.25, -0.2) is 4.98 Å². The molecule has 0 fully saturated rings. The van der Waals surface area contributed by atoms with E-state index in [1.54, 1.807) is 0 Å². The third kappa shape index (κ3) is 4.15. The van der Waals surface area contributed by atoms with Gasteiger partial charge < -0.3 is 4.74 Å². The molecule has 0 radical (unpaired) electrons. The fourth-order valence-electron chi connectivity index (χ4n) is 9.25. The zero-order valence-electron chi connectivity index (χ0n) is 29.5. The average Bonchev–Trinajstić information content (AvgIpc) is 3.74. The van der Waals surface area contributed by atoms with Crippen LogP contribution in [-0.2, 0) is 5.41 Å². The number of ether oxygens (including phenoxy) is 1. The summed E-state index contributed by atoms with van der Waals surface area (Å²) in [7, 11) is 0. The molecule has 0 saturated heterocycles. The Hall–Kier alpha value is -7.37. The van der Waals surface area contributed by atoms with E-state index in [4.69, 9.17) is 19.7 Å². The van der Waals surface area contributed by atoms with Gasteiger partial charge in [0.25, 0.3) is 0 Å². The van der Waals surface area contributed by atoms with Gasteiger partial charge >= 0.3 is 0 Å². The molecule has 1 aliphatic carbocycles. The highest BCUT2D eigenvalue weighted by Gasteiger charge is 2.51. The Morgan fingerprint density at radius 2 is 1.00 bits per heavy atom. The molecule has 1 spiro atoms. The summed E-state index contributed by atoms with van der Waals surface area (Å²) in [5.74, 6) is 3.44. The molecule has 0 amide bonds. The van der Waals surface area contributed by atoms with Crippen molar-refractivity contribution in [3.05, 3.63) is 204 Å². The molecule has 12 rings (SSSR count). The van der Waals surface area contributed by atoms with Crippen LogP contribution in [0.3, 0.4) is 0 Å². The maximum absolute atomic E-state index is 7.00. The van der Waals surface area contributed by atoms with Gasteiger partial charge in [0, 0.05) is 39.1 Å². The lowest BCUT2D eigenvalue weighted by Gasteiger charge is -2.39. The van der Waals surface area contributed by atoms with Gasteiger partial charge in [-0.05, 0) is 51.2 Å². The molecule has 5 heteroatoms. The third-order valence-electron chi connectivity index (χ3n) is 11.5. The van der Waals surface area contributed by atoms with E-state index in [-0.39, 0.29) is 0 Å². The Morgan fingerprint density at radius 1 is 0.418 bits per heavy atom. The van der Waals surface area contributed by atoms with Gasteiger partial charge in [-0.2, -0.15) is 9.97 Å². The van der Waals surface area contributed by atoms with Crippen molar-refractivity contribution in [2.75, 3.05) is 0 Å². The topological polar surface area (TPSA) is 52.8 Å². The zero-order chi connectivity index (χ0) is 36.1. The Morgan fingerprint density at radius 3 is 1.69 bits per heavy atom. The summed E-state index contributed by atoms with van der Waals surface area (Å²) < 4.78 is 9.20. The van der Waals surface area contributed by atoms with Crippen LogP contribution < -0.4 is 4.74 Å². The molecular weight excluding hydrogens is 673 g/mol. The molecule has 3 heterocycles. The van der Waals surface area contributed by atoms with Gasteiger partial charge in [0.15, 0.2) is 11.6 Å². The molecule has 5 nitrogen and oxygen atoms in total. The highest BCUT2D eigenvalue weighted by atomic mass is 16.5. The van der Waals surface area contributed by atoms with Crippen LogP contribution in [0.5, 0.6) is 11.5 Å². The van der Waals surface area contributed by atoms with Gasteiger partial charge in [-0.15, -0.1) is 0 Å². The van der Waals surface area contributed by atoms with E-state index < -0.39 is 5.41 Å². The van der Waals surface area contributed by atoms with E-state index in [2.05, 4.69) is 126 Å². The SMILES string of the molecule is c1ccc(-c2nc(-c3ccccc3)nc(-n3c4cc5c(cc4c4c6ccccc6ccc43)C3(c4ccccc4O5)c4ccccc4-c4ccccc43)n2)cc1. The van der Waals surface area contributed by atoms with Crippen LogP contribution in [0.1, 0.15) is 22.3 Å². The first kappa shape index (κ1) is 30.1. The van der Waals surface area contributed by atoms with Crippen molar-refractivity contribution in [1.29, 1.82) is 0 Å². The molecule has 0 atom stereocenters. The van der Waals surface area contributed by atoms with Crippen LogP contribution in [-0.4, -0.2) is 19.5 Å². The highest BCUT2D eigenvalue weighted by molar-refractivity contribution is 6.21. The minimum Gasteiger partial charge on any atom is -0.457 e. The van der Waals surface area contributed by atoms with Crippen LogP contribution in [0.15, 0.2) is 182 Å². The molecule has 0 unspecified atom stereocenters. The number of fused-ring (bicyclic) bond motifs is 14. The van der Waals surface area contributed by atoms with Crippen LogP contribution in [0, 0.1) is 0 Å². The Bertz CT molecular complexity index is 3080. The number of rotatable bonds is 3. The monoisotopic (exact) mass is 702 g/mol. The first-order chi connectivity index (χ1) is 27.3. The molecule has 55 heavy (non-hydrogen) atoms. The standard InChI is InChI=1S/C50H30N4O/c1-3-16-32(17-4-1)47-51-48(33-18-5-2-6-19-33)53-49(52-47)54-42-28-27-31-15-7-8-20-34(31)46(42)37-29-41-45(30-43(37)54)55-44-26-14-13-25-40(44)50(41)38-23-11-9-21-35(38)36-22-10-12-24-39(36)50/h1-30H. The smallest absolute Gasteiger partial charge is 0.238 e. The largest absolute Gasteiger partial charge is 0.457 e. The van der Waals surface area contributed by atoms with Gasteiger partial charge in [-0.1, -0.05) is 158 Å². The molecule has 256 valence electrons. The molecule has 0 N–H and O–H groups in total. The zero-order valence-corrected chi connectivity index (χ0v) is 29.5. The van der Waals surface area contributed by atoms with Crippen LogP contribution in [0.4, 0.5) is 0 Å². The van der Waals surface area contributed by atoms with Gasteiger partial charge in [0.1, 0.15) is 11.5 Å². The molecule has 2 aliphatic rings. The molecule has 8 aromatic carbocycles. The van der Waals surface area contributed by atoms with Crippen molar-refractivity contribution < 1.29 is 4.74 Å². The predicted molar refractivity (Wildman–Crippen MR) is 220 cm³/mol. The van der Waals surface area contributed by atoms with Crippen molar-refractivity contribution in [3.63, 3.8) is 0 Å². The number of hydrogen-bond donors (Lipinski definition) is 0. The summed E-state index contributed by atoms with van der Waals surface area (Å²) in [4.78, 5) is 15.5. The average molecular weight is 703 g/mol. The van der Waals surface area contributed by atoms with E-state index in [0.717, 1.165) is 55.6 Å². The summed E-state index contributed by atoms with van der Waals surface area (Å²) in [5.41, 5.74) is 10.5. The summed E-state index contributed by atoms with van der Waals surface area (Å²) in [5, 5.41) is 4.60. The lowest BCUT2D eigenvalue weighted by Crippen LogP contribution is -2.32. The number of para-hydroxylation sites is 1. The maximum Gasteiger partial charge on any atom is 0.238 e. The second-order valence-electron chi connectivity index (χ2n) is 14.3. The Labute approximate surface area is 316 Å². The summed E-state index contributed by atoms with van der Waals surface area (Å²) in [6, 6.07) is 64.2. The van der Waals surface area contributed by atoms with Crippen LogP contribution in [0.2, 0.25) is 0 Å². The lowest BCUT2D eigenvalue weighted by molar-refractivity contribution is 0.437. The minimum atomic E-state index is -0.585. The molecule has 2 aromatic heterocycles. The minimum absolute atomic E-state index is 0.547. The van der Waals surface area contributed by atoms with E-state index in [0.29, 0.717) is 17.6 Å². The number of benzene rings is 8. The summed E-state index contributed by atoms with van der Waals surface area (Å²) in [6.45, 7) is 0. The first-order valence-electron chi connectivity index (χ1n) is 18.6. The predicted octanol–water partition coefficient (Wildman–Crippen LogP) is 11.9. The van der Waals surface area contributed by atoms with E-state index >= 15 is 0 Å².